The molecule has 10 heteroatoms. The number of rotatable bonds is 8. The normalized spacial score (nSPS) is 11.4. The van der Waals surface area contributed by atoms with Gasteiger partial charge in [-0.15, -0.1) is 10.2 Å². The van der Waals surface area contributed by atoms with Gasteiger partial charge in [-0.1, -0.05) is 35.6 Å². The van der Waals surface area contributed by atoms with E-state index in [0.717, 1.165) is 16.9 Å². The lowest BCUT2D eigenvalue weighted by molar-refractivity contribution is -0.111. The number of nitrogens with zero attached hydrogens (tertiary/aromatic N) is 2. The zero-order valence-corrected chi connectivity index (χ0v) is 17.9. The van der Waals surface area contributed by atoms with Crippen LogP contribution in [0.5, 0.6) is 11.5 Å². The summed E-state index contributed by atoms with van der Waals surface area (Å²) < 4.78 is 35.2. The first-order valence-corrected chi connectivity index (χ1v) is 11.2. The number of amides is 1. The average Bonchev–Trinajstić information content (AvgIpc) is 3.18. The lowest BCUT2D eigenvalue weighted by Gasteiger charge is -2.07. The monoisotopic (exact) mass is 445 g/mol. The Hall–Kier alpha value is -3.24. The molecular weight excluding hydrogens is 426 g/mol. The Morgan fingerprint density at radius 1 is 1.07 bits per heavy atom. The Morgan fingerprint density at radius 3 is 2.50 bits per heavy atom. The molecule has 0 spiro atoms. The molecule has 0 radical (unpaired) electrons. The minimum Gasteiger partial charge on any atom is -0.493 e. The second-order valence-electron chi connectivity index (χ2n) is 6.01. The molecule has 1 N–H and O–H groups in total. The number of hydrogen-bond acceptors (Lipinski definition) is 8. The fraction of sp³-hybridized carbons (Fsp3) is 0.150. The smallest absolute Gasteiger partial charge is 0.250 e. The molecule has 1 amide bonds. The summed E-state index contributed by atoms with van der Waals surface area (Å²) in [5.41, 5.74) is 0.745. The molecule has 0 aliphatic heterocycles. The standard InChI is InChI=1S/C20H19N3O5S2/c1-27-16-10-8-14(12-17(16)28-2)9-11-18(24)21-20-23-22-19(29-20)13-30(25,26)15-6-4-3-5-7-15/h3-12H,13H2,1-2H3,(H,21,23,24)/b11-9+. The fourth-order valence-electron chi connectivity index (χ4n) is 2.51. The van der Waals surface area contributed by atoms with E-state index in [-0.39, 0.29) is 20.8 Å². The van der Waals surface area contributed by atoms with Crippen molar-refractivity contribution in [1.82, 2.24) is 10.2 Å². The molecule has 0 fully saturated rings. The SMILES string of the molecule is COc1ccc(/C=C/C(=O)Nc2nnc(CS(=O)(=O)c3ccccc3)s2)cc1OC. The Bertz CT molecular complexity index is 1160. The maximum absolute atomic E-state index is 12.4. The highest BCUT2D eigenvalue weighted by Gasteiger charge is 2.18. The fourth-order valence-corrected chi connectivity index (χ4v) is 4.87. The van der Waals surface area contributed by atoms with E-state index < -0.39 is 15.7 Å². The number of hydrogen-bond donors (Lipinski definition) is 1. The number of aromatic nitrogens is 2. The molecule has 1 heterocycles. The van der Waals surface area contributed by atoms with Gasteiger partial charge in [0.2, 0.25) is 11.0 Å². The Kier molecular flexibility index (Phi) is 6.80. The molecule has 0 unspecified atom stereocenters. The van der Waals surface area contributed by atoms with Gasteiger partial charge in [0, 0.05) is 6.08 Å². The van der Waals surface area contributed by atoms with Crippen molar-refractivity contribution < 1.29 is 22.7 Å². The number of methoxy groups -OCH3 is 2. The number of ether oxygens (including phenoxy) is 2. The summed E-state index contributed by atoms with van der Waals surface area (Å²) in [5, 5.41) is 10.8. The van der Waals surface area contributed by atoms with Crippen molar-refractivity contribution >= 4 is 38.3 Å². The topological polar surface area (TPSA) is 107 Å². The first-order valence-electron chi connectivity index (χ1n) is 8.72. The van der Waals surface area contributed by atoms with Crippen molar-refractivity contribution in [3.8, 4) is 11.5 Å². The first kappa shape index (κ1) is 21.5. The van der Waals surface area contributed by atoms with Crippen LogP contribution in [0.25, 0.3) is 6.08 Å². The van der Waals surface area contributed by atoms with E-state index >= 15 is 0 Å². The van der Waals surface area contributed by atoms with E-state index in [2.05, 4.69) is 15.5 Å². The first-order chi connectivity index (χ1) is 14.4. The summed E-state index contributed by atoms with van der Waals surface area (Å²) in [7, 11) is -0.453. The number of carbonyl (C=O) groups excluding carboxylic acids is 1. The van der Waals surface area contributed by atoms with Crippen molar-refractivity contribution in [2.75, 3.05) is 19.5 Å². The van der Waals surface area contributed by atoms with Crippen molar-refractivity contribution in [1.29, 1.82) is 0 Å². The van der Waals surface area contributed by atoms with Crippen LogP contribution in [0.3, 0.4) is 0 Å². The average molecular weight is 446 g/mol. The van der Waals surface area contributed by atoms with E-state index in [1.54, 1.807) is 49.6 Å². The Balaban J connectivity index is 1.63. The molecule has 3 aromatic rings. The largest absolute Gasteiger partial charge is 0.493 e. The maximum Gasteiger partial charge on any atom is 0.250 e. The summed E-state index contributed by atoms with van der Waals surface area (Å²) in [6, 6.07) is 13.4. The molecular formula is C20H19N3O5S2. The summed E-state index contributed by atoms with van der Waals surface area (Å²) >= 11 is 1.01. The summed E-state index contributed by atoms with van der Waals surface area (Å²) in [4.78, 5) is 12.4. The highest BCUT2D eigenvalue weighted by atomic mass is 32.2. The van der Waals surface area contributed by atoms with Crippen LogP contribution in [-0.2, 0) is 20.4 Å². The van der Waals surface area contributed by atoms with E-state index in [0.29, 0.717) is 11.5 Å². The van der Waals surface area contributed by atoms with Gasteiger partial charge >= 0.3 is 0 Å². The van der Waals surface area contributed by atoms with Crippen LogP contribution < -0.4 is 14.8 Å². The molecule has 1 aromatic heterocycles. The molecule has 0 aliphatic carbocycles. The zero-order valence-electron chi connectivity index (χ0n) is 16.2. The highest BCUT2D eigenvalue weighted by Crippen LogP contribution is 2.28. The number of sulfone groups is 1. The van der Waals surface area contributed by atoms with Crippen LogP contribution in [0.15, 0.2) is 59.5 Å². The molecule has 156 valence electrons. The van der Waals surface area contributed by atoms with Crippen LogP contribution in [0.2, 0.25) is 0 Å². The molecule has 3 rings (SSSR count). The van der Waals surface area contributed by atoms with E-state index in [1.807, 2.05) is 0 Å². The molecule has 2 aromatic carbocycles. The number of carbonyl (C=O) groups is 1. The Labute approximate surface area is 178 Å². The van der Waals surface area contributed by atoms with Gasteiger partial charge < -0.3 is 9.47 Å². The summed E-state index contributed by atoms with van der Waals surface area (Å²) in [6.07, 6.45) is 2.95. The lowest BCUT2D eigenvalue weighted by Crippen LogP contribution is -2.07. The third-order valence-electron chi connectivity index (χ3n) is 3.95. The molecule has 0 aliphatic rings. The van der Waals surface area contributed by atoms with Crippen LogP contribution >= 0.6 is 11.3 Å². The molecule has 0 saturated carbocycles. The number of benzene rings is 2. The molecule has 0 atom stereocenters. The van der Waals surface area contributed by atoms with E-state index in [1.165, 1.54) is 25.3 Å². The third kappa shape index (κ3) is 5.43. The van der Waals surface area contributed by atoms with Crippen LogP contribution in [0.1, 0.15) is 10.6 Å². The van der Waals surface area contributed by atoms with Gasteiger partial charge in [-0.2, -0.15) is 0 Å². The minimum atomic E-state index is -3.53. The minimum absolute atomic E-state index is 0.212. The zero-order chi connectivity index (χ0) is 21.6. The number of anilines is 1. The van der Waals surface area contributed by atoms with Gasteiger partial charge in [0.25, 0.3) is 0 Å². The second-order valence-corrected chi connectivity index (χ2v) is 9.06. The van der Waals surface area contributed by atoms with Crippen LogP contribution in [0, 0.1) is 0 Å². The second kappa shape index (κ2) is 9.51. The summed E-state index contributed by atoms with van der Waals surface area (Å²) in [5.74, 6) is 0.434. The predicted molar refractivity (Wildman–Crippen MR) is 114 cm³/mol. The predicted octanol–water partition coefficient (Wildman–Crippen LogP) is 3.18. The van der Waals surface area contributed by atoms with Crippen molar-refractivity contribution in [2.45, 2.75) is 10.6 Å². The molecule has 8 nitrogen and oxygen atoms in total. The van der Waals surface area contributed by atoms with Crippen molar-refractivity contribution in [3.05, 3.63) is 65.2 Å². The van der Waals surface area contributed by atoms with Crippen molar-refractivity contribution in [3.63, 3.8) is 0 Å². The van der Waals surface area contributed by atoms with Gasteiger partial charge in [0.05, 0.1) is 19.1 Å². The van der Waals surface area contributed by atoms with E-state index in [9.17, 15) is 13.2 Å². The molecule has 30 heavy (non-hydrogen) atoms. The highest BCUT2D eigenvalue weighted by molar-refractivity contribution is 7.90. The third-order valence-corrected chi connectivity index (χ3v) is 6.61. The molecule has 0 saturated heterocycles. The molecule has 0 bridgehead atoms. The maximum atomic E-state index is 12.4. The quantitative estimate of drug-likeness (QED) is 0.531. The van der Waals surface area contributed by atoms with Gasteiger partial charge in [0.1, 0.15) is 10.8 Å². The van der Waals surface area contributed by atoms with Gasteiger partial charge in [-0.25, -0.2) is 8.42 Å². The Morgan fingerprint density at radius 2 is 1.80 bits per heavy atom. The van der Waals surface area contributed by atoms with Crippen molar-refractivity contribution in [2.24, 2.45) is 0 Å². The van der Waals surface area contributed by atoms with Crippen LogP contribution in [-0.4, -0.2) is 38.7 Å². The van der Waals surface area contributed by atoms with Crippen LogP contribution in [0.4, 0.5) is 5.13 Å². The summed E-state index contributed by atoms with van der Waals surface area (Å²) in [6.45, 7) is 0. The number of nitrogens with one attached hydrogen (secondary N) is 1. The lowest BCUT2D eigenvalue weighted by atomic mass is 10.2. The van der Waals surface area contributed by atoms with Gasteiger partial charge in [-0.3, -0.25) is 10.1 Å². The van der Waals surface area contributed by atoms with Gasteiger partial charge in [0.15, 0.2) is 21.3 Å². The van der Waals surface area contributed by atoms with E-state index in [4.69, 9.17) is 9.47 Å². The van der Waals surface area contributed by atoms with Gasteiger partial charge in [-0.05, 0) is 35.9 Å².